The van der Waals surface area contributed by atoms with Crippen LogP contribution in [0.4, 0.5) is 18.9 Å². The molecule has 6 nitrogen and oxygen atoms in total. The summed E-state index contributed by atoms with van der Waals surface area (Å²) >= 11 is 0. The standard InChI is InChI=1S/C22H24F3N5O/c1-15(19-11-27-28-12-19)17(10-26-2)4-6-21(31)29-20-5-3-18-13-30(14-22(23,24)25)8-7-16(18)9-20/h3-6,9-12H,7-8,13-14H2,1-2H3,(H,27,28)(H,29,31)/b6-4+,17-15+,26-10-. The second kappa shape index (κ2) is 9.74. The number of rotatable bonds is 6. The molecule has 0 bridgehead atoms. The smallest absolute Gasteiger partial charge is 0.323 e. The van der Waals surface area contributed by atoms with E-state index in [9.17, 15) is 18.0 Å². The van der Waals surface area contributed by atoms with Gasteiger partial charge in [0.15, 0.2) is 0 Å². The van der Waals surface area contributed by atoms with E-state index in [0.717, 1.165) is 27.8 Å². The van der Waals surface area contributed by atoms with Crippen LogP contribution in [0.3, 0.4) is 0 Å². The van der Waals surface area contributed by atoms with Gasteiger partial charge in [-0.2, -0.15) is 18.3 Å². The number of anilines is 1. The number of fused-ring (bicyclic) bond motifs is 1. The highest BCUT2D eigenvalue weighted by molar-refractivity contribution is 6.02. The van der Waals surface area contributed by atoms with E-state index in [1.54, 1.807) is 43.9 Å². The predicted octanol–water partition coefficient (Wildman–Crippen LogP) is 4.00. The van der Waals surface area contributed by atoms with Gasteiger partial charge in [-0.15, -0.1) is 0 Å². The number of aromatic amines is 1. The Labute approximate surface area is 178 Å². The van der Waals surface area contributed by atoms with Crippen LogP contribution in [0.5, 0.6) is 0 Å². The fourth-order valence-electron chi connectivity index (χ4n) is 3.45. The molecular weight excluding hydrogens is 407 g/mol. The lowest BCUT2D eigenvalue weighted by Crippen LogP contribution is -2.37. The van der Waals surface area contributed by atoms with Gasteiger partial charge < -0.3 is 5.32 Å². The monoisotopic (exact) mass is 431 g/mol. The molecule has 9 heteroatoms. The summed E-state index contributed by atoms with van der Waals surface area (Å²) in [7, 11) is 1.65. The van der Waals surface area contributed by atoms with Crippen molar-refractivity contribution in [1.29, 1.82) is 0 Å². The molecule has 0 atom stereocenters. The van der Waals surface area contributed by atoms with Crippen molar-refractivity contribution in [3.05, 3.63) is 65.0 Å². The van der Waals surface area contributed by atoms with Crippen LogP contribution in [-0.2, 0) is 17.8 Å². The molecule has 1 aromatic carbocycles. The summed E-state index contributed by atoms with van der Waals surface area (Å²) in [5.74, 6) is -0.309. The molecule has 2 heterocycles. The number of halogens is 3. The molecule has 0 unspecified atom stereocenters. The molecule has 3 rings (SSSR count). The third-order valence-electron chi connectivity index (χ3n) is 5.01. The topological polar surface area (TPSA) is 73.4 Å². The second-order valence-electron chi connectivity index (χ2n) is 7.34. The second-order valence-corrected chi connectivity index (χ2v) is 7.34. The minimum absolute atomic E-state index is 0.251. The van der Waals surface area contributed by atoms with Crippen molar-refractivity contribution in [2.24, 2.45) is 4.99 Å². The van der Waals surface area contributed by atoms with E-state index in [2.05, 4.69) is 20.5 Å². The molecule has 0 fully saturated rings. The number of aromatic nitrogens is 2. The molecule has 164 valence electrons. The van der Waals surface area contributed by atoms with Crippen LogP contribution in [0.1, 0.15) is 23.6 Å². The zero-order valence-electron chi connectivity index (χ0n) is 17.3. The zero-order chi connectivity index (χ0) is 22.4. The summed E-state index contributed by atoms with van der Waals surface area (Å²) in [6, 6.07) is 5.31. The Bertz CT molecular complexity index is 1010. The molecule has 0 saturated carbocycles. The van der Waals surface area contributed by atoms with Gasteiger partial charge in [-0.25, -0.2) is 0 Å². The molecule has 0 aliphatic carbocycles. The number of carbonyl (C=O) groups is 1. The number of benzene rings is 1. The van der Waals surface area contributed by atoms with Crippen molar-refractivity contribution >= 4 is 23.4 Å². The Morgan fingerprint density at radius 3 is 2.81 bits per heavy atom. The third kappa shape index (κ3) is 6.39. The van der Waals surface area contributed by atoms with Gasteiger partial charge in [-0.1, -0.05) is 6.07 Å². The van der Waals surface area contributed by atoms with Gasteiger partial charge in [-0.05, 0) is 53.8 Å². The van der Waals surface area contributed by atoms with Crippen LogP contribution in [0.25, 0.3) is 5.57 Å². The van der Waals surface area contributed by atoms with Crippen molar-refractivity contribution in [2.45, 2.75) is 26.1 Å². The Balaban J connectivity index is 1.66. The molecule has 1 aliphatic rings. The first-order valence-electron chi connectivity index (χ1n) is 9.77. The van der Waals surface area contributed by atoms with E-state index in [1.165, 1.54) is 11.0 Å². The van der Waals surface area contributed by atoms with Crippen LogP contribution in [0, 0.1) is 0 Å². The first kappa shape index (κ1) is 22.5. The van der Waals surface area contributed by atoms with Gasteiger partial charge in [0.2, 0.25) is 5.91 Å². The quantitative estimate of drug-likeness (QED) is 0.413. The number of alkyl halides is 3. The van der Waals surface area contributed by atoms with E-state index in [-0.39, 0.29) is 12.5 Å². The summed E-state index contributed by atoms with van der Waals surface area (Å²) in [6.07, 6.45) is 4.52. The van der Waals surface area contributed by atoms with Gasteiger partial charge in [0.1, 0.15) is 0 Å². The van der Waals surface area contributed by atoms with Crippen molar-refractivity contribution in [3.63, 3.8) is 0 Å². The molecule has 0 radical (unpaired) electrons. The maximum atomic E-state index is 12.6. The first-order chi connectivity index (χ1) is 14.7. The number of allylic oxidation sites excluding steroid dienone is 3. The van der Waals surface area contributed by atoms with Crippen molar-refractivity contribution < 1.29 is 18.0 Å². The number of amides is 1. The van der Waals surface area contributed by atoms with Gasteiger partial charge in [0.05, 0.1) is 12.7 Å². The number of aliphatic imine (C=N–C) groups is 1. The minimum atomic E-state index is -4.20. The Kier molecular flexibility index (Phi) is 7.06. The van der Waals surface area contributed by atoms with Crippen LogP contribution >= 0.6 is 0 Å². The highest BCUT2D eigenvalue weighted by atomic mass is 19.4. The molecule has 31 heavy (non-hydrogen) atoms. The highest BCUT2D eigenvalue weighted by Gasteiger charge is 2.32. The molecule has 2 aromatic rings. The maximum absolute atomic E-state index is 12.6. The van der Waals surface area contributed by atoms with Crippen molar-refractivity contribution in [3.8, 4) is 0 Å². The Morgan fingerprint density at radius 1 is 1.32 bits per heavy atom. The van der Waals surface area contributed by atoms with E-state index >= 15 is 0 Å². The number of hydrogen-bond acceptors (Lipinski definition) is 4. The molecule has 2 N–H and O–H groups in total. The fraction of sp³-hybridized carbons (Fsp3) is 0.318. The molecular formula is C22H24F3N5O. The van der Waals surface area contributed by atoms with E-state index < -0.39 is 12.7 Å². The SMILES string of the molecule is C\N=C/C(/C=C/C(=O)Nc1ccc2c(c1)CCN(CC(F)(F)F)C2)=C(\C)c1cn[nH]c1. The summed E-state index contributed by atoms with van der Waals surface area (Å²) in [6.45, 7) is 1.59. The maximum Gasteiger partial charge on any atom is 0.401 e. The summed E-state index contributed by atoms with van der Waals surface area (Å²) in [4.78, 5) is 17.8. The first-order valence-corrected chi connectivity index (χ1v) is 9.77. The van der Waals surface area contributed by atoms with Crippen LogP contribution in [0.2, 0.25) is 0 Å². The molecule has 0 saturated heterocycles. The molecule has 1 aliphatic heterocycles. The summed E-state index contributed by atoms with van der Waals surface area (Å²) in [5.41, 5.74) is 5.00. The Morgan fingerprint density at radius 2 is 2.13 bits per heavy atom. The molecule has 1 amide bonds. The van der Waals surface area contributed by atoms with Gasteiger partial charge >= 0.3 is 6.18 Å². The molecule has 0 spiro atoms. The number of nitrogens with one attached hydrogen (secondary N) is 2. The lowest BCUT2D eigenvalue weighted by Gasteiger charge is -2.29. The average molecular weight is 431 g/mol. The lowest BCUT2D eigenvalue weighted by molar-refractivity contribution is -0.147. The van der Waals surface area contributed by atoms with Gasteiger partial charge in [0.25, 0.3) is 0 Å². The summed E-state index contributed by atoms with van der Waals surface area (Å²) < 4.78 is 37.9. The normalized spacial score (nSPS) is 15.9. The largest absolute Gasteiger partial charge is 0.401 e. The summed E-state index contributed by atoms with van der Waals surface area (Å²) in [5, 5.41) is 9.49. The zero-order valence-corrected chi connectivity index (χ0v) is 17.3. The van der Waals surface area contributed by atoms with Gasteiger partial charge in [-0.3, -0.25) is 19.8 Å². The van der Waals surface area contributed by atoms with Gasteiger partial charge in [0, 0.05) is 49.9 Å². The van der Waals surface area contributed by atoms with E-state index in [4.69, 9.17) is 0 Å². The van der Waals surface area contributed by atoms with E-state index in [1.807, 2.05) is 13.0 Å². The number of hydrogen-bond donors (Lipinski definition) is 2. The third-order valence-corrected chi connectivity index (χ3v) is 5.01. The van der Waals surface area contributed by atoms with Crippen LogP contribution in [-0.4, -0.2) is 53.5 Å². The van der Waals surface area contributed by atoms with Crippen molar-refractivity contribution in [2.75, 3.05) is 25.5 Å². The predicted molar refractivity (Wildman–Crippen MR) is 115 cm³/mol. The Hall–Kier alpha value is -3.20. The number of H-pyrrole nitrogens is 1. The van der Waals surface area contributed by atoms with E-state index in [0.29, 0.717) is 18.7 Å². The van der Waals surface area contributed by atoms with Crippen LogP contribution in [0.15, 0.2) is 53.3 Å². The number of nitrogens with zero attached hydrogens (tertiary/aromatic N) is 3. The average Bonchev–Trinajstić information content (AvgIpc) is 3.24. The lowest BCUT2D eigenvalue weighted by atomic mass is 9.99. The number of carbonyl (C=O) groups excluding carboxylic acids is 1. The molecule has 1 aromatic heterocycles. The van der Waals surface area contributed by atoms with Crippen LogP contribution < -0.4 is 5.32 Å². The highest BCUT2D eigenvalue weighted by Crippen LogP contribution is 2.25. The van der Waals surface area contributed by atoms with Crippen molar-refractivity contribution in [1.82, 2.24) is 15.1 Å². The minimum Gasteiger partial charge on any atom is -0.323 e. The fourth-order valence-corrected chi connectivity index (χ4v) is 3.45.